The Balaban J connectivity index is 1.75. The second-order valence-corrected chi connectivity index (χ2v) is 6.71. The fourth-order valence-electron chi connectivity index (χ4n) is 3.26. The molecular formula is C19H16N2O3S. The van der Waals surface area contributed by atoms with E-state index in [-0.39, 0.29) is 18.0 Å². The average molecular weight is 352 g/mol. The van der Waals surface area contributed by atoms with Crippen molar-refractivity contribution in [2.45, 2.75) is 12.7 Å². The molecule has 5 nitrogen and oxygen atoms in total. The highest BCUT2D eigenvalue weighted by Gasteiger charge is 2.37. The van der Waals surface area contributed by atoms with Gasteiger partial charge >= 0.3 is 5.97 Å². The molecule has 0 N–H and O–H groups in total. The van der Waals surface area contributed by atoms with Gasteiger partial charge in [-0.2, -0.15) is 0 Å². The topological polar surface area (TPSA) is 51.5 Å². The highest BCUT2D eigenvalue weighted by Crippen LogP contribution is 2.36. The van der Waals surface area contributed by atoms with E-state index in [1.165, 1.54) is 18.4 Å². The number of benzene rings is 1. The maximum atomic E-state index is 13.0. The Morgan fingerprint density at radius 3 is 2.68 bits per heavy atom. The van der Waals surface area contributed by atoms with E-state index in [9.17, 15) is 9.59 Å². The monoisotopic (exact) mass is 352 g/mol. The lowest BCUT2D eigenvalue weighted by Crippen LogP contribution is -2.31. The highest BCUT2D eigenvalue weighted by atomic mass is 32.1. The molecule has 1 aromatic carbocycles. The molecule has 25 heavy (non-hydrogen) atoms. The standard InChI is InChI=1S/C19H16N2O3S/c1-24-19(23)16-13(8-11-25-16)12-21-17(20-9-4-5-10-20)14-6-2-3-7-15(14)18(21)22/h2-11,17H,12H2,1H3. The van der Waals surface area contributed by atoms with Crippen molar-refractivity contribution in [3.8, 4) is 0 Å². The number of nitrogens with zero attached hydrogens (tertiary/aromatic N) is 2. The minimum atomic E-state index is -0.369. The molecule has 3 heterocycles. The summed E-state index contributed by atoms with van der Waals surface area (Å²) < 4.78 is 6.86. The van der Waals surface area contributed by atoms with Crippen LogP contribution in [0.2, 0.25) is 0 Å². The maximum absolute atomic E-state index is 13.0. The molecule has 0 spiro atoms. The van der Waals surface area contributed by atoms with Crippen molar-refractivity contribution in [3.63, 3.8) is 0 Å². The molecule has 0 fully saturated rings. The minimum absolute atomic E-state index is 0.0312. The van der Waals surface area contributed by atoms with E-state index in [0.717, 1.165) is 11.1 Å². The third-order valence-corrected chi connectivity index (χ3v) is 5.33. The first kappa shape index (κ1) is 15.7. The fourth-order valence-corrected chi connectivity index (χ4v) is 4.09. The Bertz CT molecular complexity index is 930. The molecule has 2 aromatic heterocycles. The van der Waals surface area contributed by atoms with Crippen molar-refractivity contribution >= 4 is 23.2 Å². The van der Waals surface area contributed by atoms with Gasteiger partial charge in [0.05, 0.1) is 13.7 Å². The van der Waals surface area contributed by atoms with E-state index < -0.39 is 0 Å². The van der Waals surface area contributed by atoms with E-state index in [1.807, 2.05) is 64.8 Å². The van der Waals surface area contributed by atoms with Crippen LogP contribution in [-0.4, -0.2) is 28.5 Å². The summed E-state index contributed by atoms with van der Waals surface area (Å²) in [6.07, 6.45) is 3.67. The molecule has 0 saturated carbocycles. The number of methoxy groups -OCH3 is 1. The van der Waals surface area contributed by atoms with Crippen molar-refractivity contribution in [3.05, 3.63) is 81.8 Å². The number of rotatable bonds is 4. The Morgan fingerprint density at radius 1 is 1.16 bits per heavy atom. The largest absolute Gasteiger partial charge is 0.465 e. The molecular weight excluding hydrogens is 336 g/mol. The third-order valence-electron chi connectivity index (χ3n) is 4.39. The lowest BCUT2D eigenvalue weighted by Gasteiger charge is -2.26. The normalized spacial score (nSPS) is 16.1. The quantitative estimate of drug-likeness (QED) is 0.675. The number of hydrogen-bond donors (Lipinski definition) is 0. The van der Waals surface area contributed by atoms with Crippen molar-refractivity contribution in [2.75, 3.05) is 7.11 Å². The minimum Gasteiger partial charge on any atom is -0.465 e. The zero-order valence-electron chi connectivity index (χ0n) is 13.6. The van der Waals surface area contributed by atoms with Gasteiger partial charge in [0.25, 0.3) is 5.91 Å². The summed E-state index contributed by atoms with van der Waals surface area (Å²) in [5, 5.41) is 1.85. The van der Waals surface area contributed by atoms with Crippen LogP contribution in [0, 0.1) is 0 Å². The number of thiophene rings is 1. The van der Waals surface area contributed by atoms with Gasteiger partial charge in [0.1, 0.15) is 11.0 Å². The van der Waals surface area contributed by atoms with Gasteiger partial charge in [0.2, 0.25) is 0 Å². The van der Waals surface area contributed by atoms with Crippen LogP contribution in [0.4, 0.5) is 0 Å². The number of carbonyl (C=O) groups is 2. The smallest absolute Gasteiger partial charge is 0.348 e. The van der Waals surface area contributed by atoms with Gasteiger partial charge in [-0.25, -0.2) is 4.79 Å². The molecule has 0 saturated heterocycles. The lowest BCUT2D eigenvalue weighted by molar-refractivity contribution is 0.0594. The number of hydrogen-bond acceptors (Lipinski definition) is 4. The highest BCUT2D eigenvalue weighted by molar-refractivity contribution is 7.12. The van der Waals surface area contributed by atoms with Gasteiger partial charge in [0, 0.05) is 23.5 Å². The second-order valence-electron chi connectivity index (χ2n) is 5.79. The molecule has 1 amide bonds. The molecule has 6 heteroatoms. The first-order valence-corrected chi connectivity index (χ1v) is 8.75. The second kappa shape index (κ2) is 6.22. The summed E-state index contributed by atoms with van der Waals surface area (Å²) in [6.45, 7) is 0.351. The van der Waals surface area contributed by atoms with Crippen LogP contribution in [-0.2, 0) is 11.3 Å². The SMILES string of the molecule is COC(=O)c1sccc1CN1C(=O)c2ccccc2C1n1cccc1. The van der Waals surface area contributed by atoms with Crippen molar-refractivity contribution in [2.24, 2.45) is 0 Å². The van der Waals surface area contributed by atoms with Crippen molar-refractivity contribution < 1.29 is 14.3 Å². The predicted molar refractivity (Wildman–Crippen MR) is 94.5 cm³/mol. The van der Waals surface area contributed by atoms with Gasteiger partial charge < -0.3 is 14.2 Å². The Morgan fingerprint density at radius 2 is 1.92 bits per heavy atom. The molecule has 0 radical (unpaired) electrons. The lowest BCUT2D eigenvalue weighted by atomic mass is 10.1. The van der Waals surface area contributed by atoms with Gasteiger partial charge in [-0.05, 0) is 35.2 Å². The van der Waals surface area contributed by atoms with Crippen molar-refractivity contribution in [1.82, 2.24) is 9.47 Å². The van der Waals surface area contributed by atoms with Gasteiger partial charge in [-0.15, -0.1) is 11.3 Å². The number of ether oxygens (including phenoxy) is 1. The molecule has 1 aliphatic rings. The maximum Gasteiger partial charge on any atom is 0.348 e. The first-order valence-electron chi connectivity index (χ1n) is 7.87. The van der Waals surface area contributed by atoms with Crippen LogP contribution in [0.3, 0.4) is 0 Å². The zero-order chi connectivity index (χ0) is 17.4. The fraction of sp³-hybridized carbons (Fsp3) is 0.158. The molecule has 126 valence electrons. The molecule has 1 unspecified atom stereocenters. The van der Waals surface area contributed by atoms with Gasteiger partial charge in [-0.1, -0.05) is 18.2 Å². The summed E-state index contributed by atoms with van der Waals surface area (Å²) in [6, 6.07) is 13.4. The molecule has 3 aromatic rings. The average Bonchev–Trinajstić information content (AvgIpc) is 3.36. The molecule has 0 bridgehead atoms. The molecule has 1 aliphatic heterocycles. The van der Waals surface area contributed by atoms with E-state index in [0.29, 0.717) is 17.0 Å². The summed E-state index contributed by atoms with van der Waals surface area (Å²) >= 11 is 1.33. The zero-order valence-corrected chi connectivity index (χ0v) is 14.4. The third kappa shape index (κ3) is 2.55. The molecule has 0 aliphatic carbocycles. The van der Waals surface area contributed by atoms with E-state index >= 15 is 0 Å². The molecule has 4 rings (SSSR count). The van der Waals surface area contributed by atoms with Crippen LogP contribution >= 0.6 is 11.3 Å². The number of esters is 1. The van der Waals surface area contributed by atoms with Crippen LogP contribution < -0.4 is 0 Å². The Hall–Kier alpha value is -2.86. The summed E-state index contributed by atoms with van der Waals surface area (Å²) in [7, 11) is 1.37. The van der Waals surface area contributed by atoms with Crippen LogP contribution in [0.15, 0.2) is 60.2 Å². The van der Waals surface area contributed by atoms with Crippen LogP contribution in [0.5, 0.6) is 0 Å². The van der Waals surface area contributed by atoms with E-state index in [4.69, 9.17) is 4.74 Å². The van der Waals surface area contributed by atoms with E-state index in [2.05, 4.69) is 0 Å². The number of carbonyl (C=O) groups excluding carboxylic acids is 2. The summed E-state index contributed by atoms with van der Waals surface area (Å²) in [5.41, 5.74) is 2.48. The summed E-state index contributed by atoms with van der Waals surface area (Å²) in [5.74, 6) is -0.400. The number of fused-ring (bicyclic) bond motifs is 1. The Labute approximate surface area is 149 Å². The first-order chi connectivity index (χ1) is 12.2. The predicted octanol–water partition coefficient (Wildman–Crippen LogP) is 3.54. The molecule has 1 atom stereocenters. The van der Waals surface area contributed by atoms with Crippen LogP contribution in [0.1, 0.15) is 37.3 Å². The van der Waals surface area contributed by atoms with Gasteiger partial charge in [0.15, 0.2) is 0 Å². The number of aromatic nitrogens is 1. The van der Waals surface area contributed by atoms with Crippen molar-refractivity contribution in [1.29, 1.82) is 0 Å². The van der Waals surface area contributed by atoms with E-state index in [1.54, 1.807) is 4.90 Å². The summed E-state index contributed by atoms with van der Waals surface area (Å²) in [4.78, 5) is 27.3. The van der Waals surface area contributed by atoms with Gasteiger partial charge in [-0.3, -0.25) is 4.79 Å². The van der Waals surface area contributed by atoms with Crippen LogP contribution in [0.25, 0.3) is 0 Å². The Kier molecular flexibility index (Phi) is 3.89. The number of amides is 1.